The highest BCUT2D eigenvalue weighted by Crippen LogP contribution is 2.23. The van der Waals surface area contributed by atoms with Crippen LogP contribution in [0.5, 0.6) is 5.75 Å². The number of hydrogen-bond acceptors (Lipinski definition) is 3. The largest absolute Gasteiger partial charge is 0.497 e. The number of amides is 1. The lowest BCUT2D eigenvalue weighted by atomic mass is 9.98. The molecule has 0 heterocycles. The summed E-state index contributed by atoms with van der Waals surface area (Å²) in [6.07, 6.45) is 0. The minimum absolute atomic E-state index is 0.0898. The van der Waals surface area contributed by atoms with E-state index in [0.717, 1.165) is 17.0 Å². The minimum atomic E-state index is -0.307. The number of hydrogen-bond donors (Lipinski definition) is 2. The summed E-state index contributed by atoms with van der Waals surface area (Å²) in [5.41, 5.74) is 8.09. The summed E-state index contributed by atoms with van der Waals surface area (Å²) in [6.45, 7) is 1.84. The number of carbonyl (C=O) groups is 1. The predicted molar refractivity (Wildman–Crippen MR) is 80.9 cm³/mol. The normalized spacial score (nSPS) is 11.7. The molecule has 2 rings (SSSR count). The van der Waals surface area contributed by atoms with Crippen LogP contribution in [-0.2, 0) is 4.79 Å². The van der Waals surface area contributed by atoms with Gasteiger partial charge in [0, 0.05) is 11.4 Å². The third-order valence-electron chi connectivity index (χ3n) is 3.21. The van der Waals surface area contributed by atoms with E-state index in [0.29, 0.717) is 5.69 Å². The van der Waals surface area contributed by atoms with Crippen LogP contribution in [0.1, 0.15) is 18.4 Å². The smallest absolute Gasteiger partial charge is 0.231 e. The van der Waals surface area contributed by atoms with Gasteiger partial charge in [-0.2, -0.15) is 0 Å². The van der Waals surface area contributed by atoms with Crippen LogP contribution >= 0.6 is 0 Å². The zero-order chi connectivity index (χ0) is 14.5. The van der Waals surface area contributed by atoms with Gasteiger partial charge in [0.1, 0.15) is 5.75 Å². The number of nitrogens with one attached hydrogen (secondary N) is 1. The molecule has 4 heteroatoms. The molecule has 0 bridgehead atoms. The lowest BCUT2D eigenvalue weighted by Crippen LogP contribution is -2.19. The van der Waals surface area contributed by atoms with Crippen molar-refractivity contribution in [2.24, 2.45) is 0 Å². The predicted octanol–water partition coefficient (Wildman–Crippen LogP) is 3.02. The van der Waals surface area contributed by atoms with Gasteiger partial charge < -0.3 is 15.8 Å². The fourth-order valence-electron chi connectivity index (χ4n) is 1.97. The first-order chi connectivity index (χ1) is 9.61. The molecule has 2 aromatic rings. The van der Waals surface area contributed by atoms with Gasteiger partial charge in [-0.15, -0.1) is 0 Å². The first-order valence-electron chi connectivity index (χ1n) is 6.41. The maximum Gasteiger partial charge on any atom is 0.231 e. The molecule has 0 aliphatic carbocycles. The summed E-state index contributed by atoms with van der Waals surface area (Å²) < 4.78 is 5.08. The maximum absolute atomic E-state index is 12.2. The Morgan fingerprint density at radius 3 is 2.40 bits per heavy atom. The van der Waals surface area contributed by atoms with Crippen LogP contribution in [0.2, 0.25) is 0 Å². The molecule has 0 aliphatic rings. The van der Waals surface area contributed by atoms with E-state index in [9.17, 15) is 4.79 Å². The molecule has 2 aromatic carbocycles. The van der Waals surface area contributed by atoms with Crippen molar-refractivity contribution < 1.29 is 9.53 Å². The number of carbonyl (C=O) groups excluding carboxylic acids is 1. The third-order valence-corrected chi connectivity index (χ3v) is 3.21. The molecule has 1 amide bonds. The summed E-state index contributed by atoms with van der Waals surface area (Å²) in [5, 5.41) is 2.87. The molecule has 0 saturated heterocycles. The van der Waals surface area contributed by atoms with Crippen LogP contribution in [-0.4, -0.2) is 13.0 Å². The highest BCUT2D eigenvalue weighted by Gasteiger charge is 2.17. The van der Waals surface area contributed by atoms with Crippen LogP contribution in [0.25, 0.3) is 0 Å². The zero-order valence-electron chi connectivity index (χ0n) is 11.6. The van der Waals surface area contributed by atoms with Crippen molar-refractivity contribution in [3.05, 3.63) is 54.1 Å². The van der Waals surface area contributed by atoms with Crippen LogP contribution in [0.15, 0.2) is 48.5 Å². The van der Waals surface area contributed by atoms with E-state index in [1.54, 1.807) is 37.4 Å². The molecule has 0 saturated carbocycles. The van der Waals surface area contributed by atoms with Crippen molar-refractivity contribution in [2.75, 3.05) is 18.2 Å². The third kappa shape index (κ3) is 3.09. The summed E-state index contributed by atoms with van der Waals surface area (Å²) in [6, 6.07) is 14.6. The Morgan fingerprint density at radius 2 is 1.80 bits per heavy atom. The Kier molecular flexibility index (Phi) is 4.25. The van der Waals surface area contributed by atoms with Gasteiger partial charge >= 0.3 is 0 Å². The van der Waals surface area contributed by atoms with Crippen molar-refractivity contribution in [3.63, 3.8) is 0 Å². The second-order valence-corrected chi connectivity index (χ2v) is 4.57. The van der Waals surface area contributed by atoms with Crippen LogP contribution in [0.3, 0.4) is 0 Å². The minimum Gasteiger partial charge on any atom is -0.497 e. The lowest BCUT2D eigenvalue weighted by Gasteiger charge is -2.14. The van der Waals surface area contributed by atoms with E-state index in [1.807, 2.05) is 25.1 Å². The van der Waals surface area contributed by atoms with Gasteiger partial charge in [0.05, 0.1) is 13.0 Å². The maximum atomic E-state index is 12.2. The van der Waals surface area contributed by atoms with Crippen molar-refractivity contribution in [2.45, 2.75) is 12.8 Å². The molecule has 4 nitrogen and oxygen atoms in total. The number of nitrogen functional groups attached to an aromatic ring is 1. The van der Waals surface area contributed by atoms with Crippen LogP contribution in [0, 0.1) is 0 Å². The average molecular weight is 270 g/mol. The van der Waals surface area contributed by atoms with E-state index in [-0.39, 0.29) is 11.8 Å². The van der Waals surface area contributed by atoms with Gasteiger partial charge in [-0.05, 0) is 42.8 Å². The van der Waals surface area contributed by atoms with Crippen molar-refractivity contribution in [3.8, 4) is 5.75 Å². The molecule has 0 spiro atoms. The van der Waals surface area contributed by atoms with Crippen molar-refractivity contribution in [1.29, 1.82) is 0 Å². The SMILES string of the molecule is COc1ccc(NC(=O)[C@@H](C)c2ccccc2N)cc1. The second kappa shape index (κ2) is 6.10. The molecule has 0 fully saturated rings. The summed E-state index contributed by atoms with van der Waals surface area (Å²) in [7, 11) is 1.61. The monoisotopic (exact) mass is 270 g/mol. The Morgan fingerprint density at radius 1 is 1.15 bits per heavy atom. The lowest BCUT2D eigenvalue weighted by molar-refractivity contribution is -0.117. The van der Waals surface area contributed by atoms with E-state index in [2.05, 4.69) is 5.32 Å². The molecule has 3 N–H and O–H groups in total. The topological polar surface area (TPSA) is 64.3 Å². The summed E-state index contributed by atoms with van der Waals surface area (Å²) >= 11 is 0. The Bertz CT molecular complexity index is 594. The second-order valence-electron chi connectivity index (χ2n) is 4.57. The fourth-order valence-corrected chi connectivity index (χ4v) is 1.97. The molecule has 1 atom stereocenters. The van der Waals surface area contributed by atoms with Crippen LogP contribution in [0.4, 0.5) is 11.4 Å². The Labute approximate surface area is 118 Å². The van der Waals surface area contributed by atoms with Gasteiger partial charge in [0.25, 0.3) is 0 Å². The number of para-hydroxylation sites is 1. The molecular formula is C16H18N2O2. The van der Waals surface area contributed by atoms with E-state index >= 15 is 0 Å². The van der Waals surface area contributed by atoms with Gasteiger partial charge in [0.2, 0.25) is 5.91 Å². The first kappa shape index (κ1) is 13.9. The molecule has 20 heavy (non-hydrogen) atoms. The molecule has 0 aromatic heterocycles. The average Bonchev–Trinajstić information content (AvgIpc) is 2.48. The Hall–Kier alpha value is -2.49. The number of nitrogens with two attached hydrogens (primary N) is 1. The number of rotatable bonds is 4. The summed E-state index contributed by atoms with van der Waals surface area (Å²) in [4.78, 5) is 12.2. The van der Waals surface area contributed by atoms with Gasteiger partial charge in [-0.25, -0.2) is 0 Å². The number of benzene rings is 2. The molecule has 0 unspecified atom stereocenters. The molecular weight excluding hydrogens is 252 g/mol. The van der Waals surface area contributed by atoms with Gasteiger partial charge in [-0.3, -0.25) is 4.79 Å². The van der Waals surface area contributed by atoms with E-state index in [4.69, 9.17) is 10.5 Å². The van der Waals surface area contributed by atoms with Gasteiger partial charge in [-0.1, -0.05) is 18.2 Å². The van der Waals surface area contributed by atoms with Crippen molar-refractivity contribution >= 4 is 17.3 Å². The highest BCUT2D eigenvalue weighted by molar-refractivity contribution is 5.96. The highest BCUT2D eigenvalue weighted by atomic mass is 16.5. The number of methoxy groups -OCH3 is 1. The molecule has 0 aliphatic heterocycles. The Balaban J connectivity index is 2.09. The van der Waals surface area contributed by atoms with Gasteiger partial charge in [0.15, 0.2) is 0 Å². The van der Waals surface area contributed by atoms with Crippen molar-refractivity contribution in [1.82, 2.24) is 0 Å². The van der Waals surface area contributed by atoms with E-state index in [1.165, 1.54) is 0 Å². The zero-order valence-corrected chi connectivity index (χ0v) is 11.6. The summed E-state index contributed by atoms with van der Waals surface area (Å²) in [5.74, 6) is 0.356. The van der Waals surface area contributed by atoms with Crippen LogP contribution < -0.4 is 15.8 Å². The number of anilines is 2. The standard InChI is InChI=1S/C16H18N2O2/c1-11(14-5-3-4-6-15(14)17)16(19)18-12-7-9-13(20-2)10-8-12/h3-11H,17H2,1-2H3,(H,18,19)/t11-/m0/s1. The first-order valence-corrected chi connectivity index (χ1v) is 6.41. The fraction of sp³-hybridized carbons (Fsp3) is 0.188. The number of ether oxygens (including phenoxy) is 1. The molecule has 0 radical (unpaired) electrons. The van der Waals surface area contributed by atoms with E-state index < -0.39 is 0 Å². The quantitative estimate of drug-likeness (QED) is 0.839. The molecule has 104 valence electrons.